The number of ether oxygens (including phenoxy) is 3. The van der Waals surface area contributed by atoms with Crippen molar-refractivity contribution in [2.45, 2.75) is 301 Å². The number of hydrogen-bond donors (Lipinski definition) is 6. The first-order chi connectivity index (χ1) is 33.7. The third kappa shape index (κ3) is 38.2. The Morgan fingerprint density at radius 2 is 0.942 bits per heavy atom. The van der Waals surface area contributed by atoms with Crippen molar-refractivity contribution in [1.82, 2.24) is 5.32 Å². The topological polar surface area (TPSA) is 175 Å². The zero-order chi connectivity index (χ0) is 50.3. The predicted molar refractivity (Wildman–Crippen MR) is 283 cm³/mol. The maximum Gasteiger partial charge on any atom is 0.305 e. The normalized spacial score (nSPS) is 19.6. The molecule has 1 saturated heterocycles. The largest absolute Gasteiger partial charge is 0.466 e. The van der Waals surface area contributed by atoms with E-state index in [1.165, 1.54) is 141 Å². The van der Waals surface area contributed by atoms with Crippen LogP contribution < -0.4 is 5.32 Å². The molecule has 1 aliphatic rings. The van der Waals surface area contributed by atoms with E-state index in [4.69, 9.17) is 14.2 Å². The van der Waals surface area contributed by atoms with E-state index in [9.17, 15) is 35.1 Å². The molecule has 1 fully saturated rings. The van der Waals surface area contributed by atoms with Crippen LogP contribution in [0.1, 0.15) is 258 Å². The molecule has 1 heterocycles. The molecule has 0 aromatic carbocycles. The lowest BCUT2D eigenvalue weighted by atomic mass is 9.99. The van der Waals surface area contributed by atoms with Crippen LogP contribution in [0.3, 0.4) is 0 Å². The Morgan fingerprint density at radius 1 is 0.522 bits per heavy atom. The van der Waals surface area contributed by atoms with Crippen molar-refractivity contribution in [3.8, 4) is 0 Å². The lowest BCUT2D eigenvalue weighted by Crippen LogP contribution is -2.60. The van der Waals surface area contributed by atoms with Crippen molar-refractivity contribution in [3.63, 3.8) is 0 Å². The molecule has 404 valence electrons. The Hall–Kier alpha value is -2.12. The fraction of sp³-hybridized carbons (Fsp3) is 0.862. The van der Waals surface area contributed by atoms with Crippen LogP contribution in [0.15, 0.2) is 36.5 Å². The molecule has 0 saturated carbocycles. The van der Waals surface area contributed by atoms with E-state index in [2.05, 4.69) is 43.5 Å². The molecule has 7 atom stereocenters. The summed E-state index contributed by atoms with van der Waals surface area (Å²) in [6.45, 7) is 4.27. The van der Waals surface area contributed by atoms with Crippen LogP contribution in [0, 0.1) is 0 Å². The third-order valence-electron chi connectivity index (χ3n) is 13.5. The van der Waals surface area contributed by atoms with Crippen molar-refractivity contribution in [2.24, 2.45) is 0 Å². The van der Waals surface area contributed by atoms with Crippen LogP contribution in [-0.2, 0) is 23.8 Å². The summed E-state index contributed by atoms with van der Waals surface area (Å²) in [6, 6.07) is -0.820. The minimum Gasteiger partial charge on any atom is -0.466 e. The standard InChI is InChI=1S/C58H107NO10/c1-3-5-7-9-11-13-15-25-28-32-36-40-44-51(61)50(49-68-58-57(66)56(65)55(64)52(48-60)69-58)59-53(62)45-41-37-33-29-26-22-20-18-16-17-19-21-23-27-31-35-39-43-47-67-54(63)46-42-38-34-30-24-14-12-10-8-6-4-2/h10,12,18,20,40,44,50-52,55-58,60-61,64-66H,3-9,11,13-17,19,21-39,41-43,45-49H2,1-2H3,(H,59,62)/b12-10-,20-18-,44-40+. The van der Waals surface area contributed by atoms with E-state index in [1.54, 1.807) is 6.08 Å². The average Bonchev–Trinajstić information content (AvgIpc) is 3.34. The summed E-state index contributed by atoms with van der Waals surface area (Å²) in [4.78, 5) is 25.0. The summed E-state index contributed by atoms with van der Waals surface area (Å²) in [7, 11) is 0. The Balaban J connectivity index is 2.12. The molecular weight excluding hydrogens is 871 g/mol. The highest BCUT2D eigenvalue weighted by Crippen LogP contribution is 2.23. The van der Waals surface area contributed by atoms with Gasteiger partial charge in [0.15, 0.2) is 6.29 Å². The van der Waals surface area contributed by atoms with E-state index < -0.39 is 49.5 Å². The molecular formula is C58H107NO10. The molecule has 0 bridgehead atoms. The molecule has 0 aromatic rings. The number of aliphatic hydroxyl groups is 5. The number of hydrogen-bond acceptors (Lipinski definition) is 10. The zero-order valence-electron chi connectivity index (χ0n) is 44.3. The fourth-order valence-corrected chi connectivity index (χ4v) is 8.82. The SMILES string of the molecule is CCCC/C=C\CCCCCCCC(=O)OCCCCCCCCCCC/C=C\CCCCCCCC(=O)NC(COC1OC(CO)C(O)C(O)C1O)C(O)/C=C/CCCCCCCCCCCC. The molecule has 6 N–H and O–H groups in total. The number of allylic oxidation sites excluding steroid dienone is 5. The summed E-state index contributed by atoms with van der Waals surface area (Å²) in [5, 5.41) is 54.3. The zero-order valence-corrected chi connectivity index (χ0v) is 44.3. The van der Waals surface area contributed by atoms with Gasteiger partial charge in [0.1, 0.15) is 24.4 Å². The molecule has 1 amide bonds. The summed E-state index contributed by atoms with van der Waals surface area (Å²) in [5.74, 6) is -0.221. The average molecular weight is 978 g/mol. The Morgan fingerprint density at radius 3 is 1.43 bits per heavy atom. The van der Waals surface area contributed by atoms with Gasteiger partial charge in [0.25, 0.3) is 0 Å². The second kappa shape index (κ2) is 48.2. The second-order valence-electron chi connectivity index (χ2n) is 20.0. The van der Waals surface area contributed by atoms with Crippen LogP contribution in [0.5, 0.6) is 0 Å². The second-order valence-corrected chi connectivity index (χ2v) is 20.0. The minimum absolute atomic E-state index is 0.0243. The van der Waals surface area contributed by atoms with Crippen LogP contribution in [0.25, 0.3) is 0 Å². The van der Waals surface area contributed by atoms with Crippen LogP contribution in [0.2, 0.25) is 0 Å². The number of carbonyl (C=O) groups is 2. The van der Waals surface area contributed by atoms with Gasteiger partial charge in [-0.3, -0.25) is 9.59 Å². The number of carbonyl (C=O) groups excluding carboxylic acids is 2. The van der Waals surface area contributed by atoms with Crippen molar-refractivity contribution < 1.29 is 49.3 Å². The van der Waals surface area contributed by atoms with Crippen molar-refractivity contribution >= 4 is 11.9 Å². The van der Waals surface area contributed by atoms with E-state index in [1.807, 2.05) is 6.08 Å². The van der Waals surface area contributed by atoms with Crippen molar-refractivity contribution in [2.75, 3.05) is 19.8 Å². The highest BCUT2D eigenvalue weighted by molar-refractivity contribution is 5.76. The smallest absolute Gasteiger partial charge is 0.305 e. The van der Waals surface area contributed by atoms with Gasteiger partial charge in [0.05, 0.1) is 32.0 Å². The highest BCUT2D eigenvalue weighted by atomic mass is 16.7. The Bertz CT molecular complexity index is 1240. The monoisotopic (exact) mass is 978 g/mol. The maximum absolute atomic E-state index is 13.0. The van der Waals surface area contributed by atoms with Crippen LogP contribution in [0.4, 0.5) is 0 Å². The van der Waals surface area contributed by atoms with Crippen LogP contribution in [-0.4, -0.2) is 100 Å². The van der Waals surface area contributed by atoms with Gasteiger partial charge in [-0.25, -0.2) is 0 Å². The number of rotatable bonds is 49. The Kier molecular flexibility index (Phi) is 45.3. The lowest BCUT2D eigenvalue weighted by Gasteiger charge is -2.40. The van der Waals surface area contributed by atoms with Gasteiger partial charge in [-0.15, -0.1) is 0 Å². The van der Waals surface area contributed by atoms with E-state index in [0.717, 1.165) is 89.9 Å². The lowest BCUT2D eigenvalue weighted by molar-refractivity contribution is -0.302. The summed E-state index contributed by atoms with van der Waals surface area (Å²) in [6.07, 6.45) is 48.0. The third-order valence-corrected chi connectivity index (χ3v) is 13.5. The van der Waals surface area contributed by atoms with Crippen molar-refractivity contribution in [3.05, 3.63) is 36.5 Å². The van der Waals surface area contributed by atoms with Crippen LogP contribution >= 0.6 is 0 Å². The highest BCUT2D eigenvalue weighted by Gasteiger charge is 2.44. The first-order valence-corrected chi connectivity index (χ1v) is 28.8. The molecule has 0 aliphatic carbocycles. The van der Waals surface area contributed by atoms with E-state index in [-0.39, 0.29) is 18.5 Å². The molecule has 0 aromatic heterocycles. The molecule has 11 nitrogen and oxygen atoms in total. The molecule has 1 rings (SSSR count). The summed E-state index contributed by atoms with van der Waals surface area (Å²) >= 11 is 0. The predicted octanol–water partition coefficient (Wildman–Crippen LogP) is 12.7. The minimum atomic E-state index is -1.58. The van der Waals surface area contributed by atoms with Gasteiger partial charge in [0, 0.05) is 12.8 Å². The molecule has 0 radical (unpaired) electrons. The van der Waals surface area contributed by atoms with E-state index >= 15 is 0 Å². The van der Waals surface area contributed by atoms with Gasteiger partial charge in [-0.2, -0.15) is 0 Å². The quantitative estimate of drug-likeness (QED) is 0.0196. The van der Waals surface area contributed by atoms with Gasteiger partial charge < -0.3 is 45.1 Å². The number of aliphatic hydroxyl groups excluding tert-OH is 5. The number of esters is 1. The Labute approximate surface area is 422 Å². The van der Waals surface area contributed by atoms with Crippen molar-refractivity contribution in [1.29, 1.82) is 0 Å². The van der Waals surface area contributed by atoms with Gasteiger partial charge >= 0.3 is 5.97 Å². The maximum atomic E-state index is 13.0. The summed E-state index contributed by atoms with van der Waals surface area (Å²) < 4.78 is 16.7. The number of unbranched alkanes of at least 4 members (excludes halogenated alkanes) is 31. The summed E-state index contributed by atoms with van der Waals surface area (Å²) in [5.41, 5.74) is 0. The first-order valence-electron chi connectivity index (χ1n) is 28.8. The molecule has 7 unspecified atom stereocenters. The van der Waals surface area contributed by atoms with Gasteiger partial charge in [0.2, 0.25) is 5.91 Å². The first kappa shape index (κ1) is 64.9. The fourth-order valence-electron chi connectivity index (χ4n) is 8.82. The molecule has 69 heavy (non-hydrogen) atoms. The molecule has 1 aliphatic heterocycles. The van der Waals surface area contributed by atoms with Gasteiger partial charge in [-0.05, 0) is 77.0 Å². The van der Waals surface area contributed by atoms with E-state index in [0.29, 0.717) is 19.4 Å². The number of nitrogens with one attached hydrogen (secondary N) is 1. The molecule has 0 spiro atoms. The van der Waals surface area contributed by atoms with Gasteiger partial charge in [-0.1, -0.05) is 204 Å². The number of amides is 1. The molecule has 11 heteroatoms.